The average molecular weight is 315 g/mol. The van der Waals surface area contributed by atoms with Crippen molar-refractivity contribution in [3.63, 3.8) is 0 Å². The van der Waals surface area contributed by atoms with E-state index in [1.165, 1.54) is 17.3 Å². The van der Waals surface area contributed by atoms with Crippen LogP contribution in [-0.2, 0) is 4.79 Å². The quantitative estimate of drug-likeness (QED) is 0.844. The Bertz CT molecular complexity index is 660. The van der Waals surface area contributed by atoms with Crippen LogP contribution in [0.15, 0.2) is 35.5 Å². The molecule has 22 heavy (non-hydrogen) atoms. The van der Waals surface area contributed by atoms with Gasteiger partial charge < -0.3 is 11.1 Å². The van der Waals surface area contributed by atoms with Crippen molar-refractivity contribution in [1.82, 2.24) is 4.98 Å². The van der Waals surface area contributed by atoms with E-state index in [1.807, 2.05) is 26.8 Å². The fourth-order valence-corrected chi connectivity index (χ4v) is 3.09. The normalized spacial score (nSPS) is 12.0. The highest BCUT2D eigenvalue weighted by Crippen LogP contribution is 2.25. The van der Waals surface area contributed by atoms with Gasteiger partial charge in [0.05, 0.1) is 22.2 Å². The number of aromatic nitrogens is 1. The molecule has 1 aromatic heterocycles. The van der Waals surface area contributed by atoms with E-state index < -0.39 is 0 Å². The van der Waals surface area contributed by atoms with Crippen LogP contribution in [0.5, 0.6) is 0 Å². The third-order valence-electron chi connectivity index (χ3n) is 3.35. The van der Waals surface area contributed by atoms with Crippen molar-refractivity contribution in [1.29, 1.82) is 0 Å². The van der Waals surface area contributed by atoms with Gasteiger partial charge in [-0.25, -0.2) is 4.98 Å². The zero-order valence-corrected chi connectivity index (χ0v) is 14.1. The highest BCUT2D eigenvalue weighted by atomic mass is 32.2. The SMILES string of the molecule is Cc1cc(C)c(NC(=O)C(C)Sc2ccc(N)cn2)c(C)c1. The number of hydrogen-bond donors (Lipinski definition) is 2. The van der Waals surface area contributed by atoms with Gasteiger partial charge in [0.25, 0.3) is 0 Å². The number of anilines is 2. The number of nitrogens with two attached hydrogens (primary N) is 1. The average Bonchev–Trinajstić information content (AvgIpc) is 2.45. The fourth-order valence-electron chi connectivity index (χ4n) is 2.30. The molecule has 0 aliphatic carbocycles. The summed E-state index contributed by atoms with van der Waals surface area (Å²) in [5.74, 6) is -0.0290. The summed E-state index contributed by atoms with van der Waals surface area (Å²) in [4.78, 5) is 16.6. The smallest absolute Gasteiger partial charge is 0.237 e. The van der Waals surface area contributed by atoms with E-state index in [2.05, 4.69) is 29.4 Å². The topological polar surface area (TPSA) is 68.0 Å². The molecule has 116 valence electrons. The van der Waals surface area contributed by atoms with Crippen LogP contribution in [-0.4, -0.2) is 16.1 Å². The summed E-state index contributed by atoms with van der Waals surface area (Å²) >= 11 is 1.42. The summed E-state index contributed by atoms with van der Waals surface area (Å²) < 4.78 is 0. The molecule has 1 atom stereocenters. The zero-order valence-electron chi connectivity index (χ0n) is 13.3. The second-order valence-corrected chi connectivity index (χ2v) is 6.81. The molecule has 0 saturated carbocycles. The molecule has 0 saturated heterocycles. The maximum Gasteiger partial charge on any atom is 0.237 e. The van der Waals surface area contributed by atoms with E-state index in [-0.39, 0.29) is 11.2 Å². The van der Waals surface area contributed by atoms with Crippen molar-refractivity contribution >= 4 is 29.0 Å². The molecule has 1 aromatic carbocycles. The van der Waals surface area contributed by atoms with E-state index in [4.69, 9.17) is 5.73 Å². The van der Waals surface area contributed by atoms with Crippen LogP contribution in [0, 0.1) is 20.8 Å². The first-order valence-corrected chi connectivity index (χ1v) is 8.01. The van der Waals surface area contributed by atoms with Gasteiger partial charge in [0.15, 0.2) is 0 Å². The van der Waals surface area contributed by atoms with Crippen LogP contribution in [0.25, 0.3) is 0 Å². The number of pyridine rings is 1. The fraction of sp³-hybridized carbons (Fsp3) is 0.294. The number of nitrogens with one attached hydrogen (secondary N) is 1. The Kier molecular flexibility index (Phi) is 5.08. The third-order valence-corrected chi connectivity index (χ3v) is 4.40. The number of nitrogen functional groups attached to an aromatic ring is 1. The molecule has 0 radical (unpaired) electrons. The Morgan fingerprint density at radius 2 is 1.86 bits per heavy atom. The van der Waals surface area contributed by atoms with Gasteiger partial charge in [-0.2, -0.15) is 0 Å². The summed E-state index contributed by atoms with van der Waals surface area (Å²) in [6, 6.07) is 7.75. The number of aryl methyl sites for hydroxylation is 3. The predicted molar refractivity (Wildman–Crippen MR) is 93.3 cm³/mol. The number of thioether (sulfide) groups is 1. The lowest BCUT2D eigenvalue weighted by molar-refractivity contribution is -0.115. The second-order valence-electron chi connectivity index (χ2n) is 5.45. The van der Waals surface area contributed by atoms with Gasteiger partial charge in [0.2, 0.25) is 5.91 Å². The number of amides is 1. The minimum Gasteiger partial charge on any atom is -0.397 e. The zero-order chi connectivity index (χ0) is 16.3. The van der Waals surface area contributed by atoms with Crippen molar-refractivity contribution in [3.8, 4) is 0 Å². The summed E-state index contributed by atoms with van der Waals surface area (Å²) in [6.45, 7) is 7.94. The van der Waals surface area contributed by atoms with Crippen molar-refractivity contribution in [2.45, 2.75) is 38.0 Å². The molecule has 2 aromatic rings. The summed E-state index contributed by atoms with van der Waals surface area (Å²) in [7, 11) is 0. The standard InChI is InChI=1S/C17H21N3OS/c1-10-7-11(2)16(12(3)8-10)20-17(21)13(4)22-15-6-5-14(18)9-19-15/h5-9,13H,18H2,1-4H3,(H,20,21). The van der Waals surface area contributed by atoms with Gasteiger partial charge >= 0.3 is 0 Å². The first-order valence-electron chi connectivity index (χ1n) is 7.13. The molecule has 1 heterocycles. The minimum absolute atomic E-state index is 0.0290. The molecule has 1 amide bonds. The Morgan fingerprint density at radius 3 is 2.41 bits per heavy atom. The van der Waals surface area contributed by atoms with Crippen molar-refractivity contribution in [2.75, 3.05) is 11.1 Å². The van der Waals surface area contributed by atoms with Crippen LogP contribution in [0.2, 0.25) is 0 Å². The van der Waals surface area contributed by atoms with Gasteiger partial charge in [-0.3, -0.25) is 4.79 Å². The molecule has 3 N–H and O–H groups in total. The molecule has 0 fully saturated rings. The molecule has 0 bridgehead atoms. The first-order chi connectivity index (χ1) is 10.4. The largest absolute Gasteiger partial charge is 0.397 e. The van der Waals surface area contributed by atoms with E-state index in [9.17, 15) is 4.79 Å². The minimum atomic E-state index is -0.240. The number of rotatable bonds is 4. The second kappa shape index (κ2) is 6.83. The van der Waals surface area contributed by atoms with Gasteiger partial charge in [-0.15, -0.1) is 0 Å². The van der Waals surface area contributed by atoms with Crippen molar-refractivity contribution in [3.05, 3.63) is 47.2 Å². The number of benzene rings is 1. The van der Waals surface area contributed by atoms with Crippen molar-refractivity contribution < 1.29 is 4.79 Å². The summed E-state index contributed by atoms with van der Waals surface area (Å²) in [6.07, 6.45) is 1.60. The molecule has 0 spiro atoms. The van der Waals surface area contributed by atoms with Crippen LogP contribution < -0.4 is 11.1 Å². The van der Waals surface area contributed by atoms with Gasteiger partial charge in [-0.1, -0.05) is 29.5 Å². The highest BCUT2D eigenvalue weighted by molar-refractivity contribution is 8.00. The van der Waals surface area contributed by atoms with Gasteiger partial charge in [0.1, 0.15) is 0 Å². The molecule has 0 aliphatic heterocycles. The van der Waals surface area contributed by atoms with E-state index in [0.717, 1.165) is 21.8 Å². The molecule has 5 heteroatoms. The lowest BCUT2D eigenvalue weighted by atomic mass is 10.1. The third kappa shape index (κ3) is 4.01. The molecular formula is C17H21N3OS. The molecule has 2 rings (SSSR count). The number of hydrogen-bond acceptors (Lipinski definition) is 4. The molecule has 4 nitrogen and oxygen atoms in total. The van der Waals surface area contributed by atoms with Crippen molar-refractivity contribution in [2.24, 2.45) is 0 Å². The summed E-state index contributed by atoms with van der Waals surface area (Å²) in [5.41, 5.74) is 10.5. The molecular weight excluding hydrogens is 294 g/mol. The monoisotopic (exact) mass is 315 g/mol. The Labute approximate surface area is 135 Å². The van der Waals surface area contributed by atoms with Gasteiger partial charge in [-0.05, 0) is 51.0 Å². The lowest BCUT2D eigenvalue weighted by Gasteiger charge is -2.16. The maximum atomic E-state index is 12.4. The maximum absolute atomic E-state index is 12.4. The number of nitrogens with zero attached hydrogens (tertiary/aromatic N) is 1. The van der Waals surface area contributed by atoms with Crippen LogP contribution >= 0.6 is 11.8 Å². The van der Waals surface area contributed by atoms with E-state index >= 15 is 0 Å². The lowest BCUT2D eigenvalue weighted by Crippen LogP contribution is -2.23. The van der Waals surface area contributed by atoms with E-state index in [0.29, 0.717) is 5.69 Å². The Hall–Kier alpha value is -2.01. The van der Waals surface area contributed by atoms with Crippen LogP contribution in [0.3, 0.4) is 0 Å². The molecule has 0 aliphatic rings. The Balaban J connectivity index is 2.07. The first kappa shape index (κ1) is 16.4. The summed E-state index contributed by atoms with van der Waals surface area (Å²) in [5, 5.41) is 3.57. The molecule has 1 unspecified atom stereocenters. The van der Waals surface area contributed by atoms with E-state index in [1.54, 1.807) is 12.3 Å². The van der Waals surface area contributed by atoms with Gasteiger partial charge in [0, 0.05) is 5.69 Å². The van der Waals surface area contributed by atoms with Crippen LogP contribution in [0.4, 0.5) is 11.4 Å². The Morgan fingerprint density at radius 1 is 1.23 bits per heavy atom. The number of carbonyl (C=O) groups excluding carboxylic acids is 1. The predicted octanol–water partition coefficient (Wildman–Crippen LogP) is 3.71. The number of carbonyl (C=O) groups is 1. The highest BCUT2D eigenvalue weighted by Gasteiger charge is 2.17. The van der Waals surface area contributed by atoms with Crippen LogP contribution in [0.1, 0.15) is 23.6 Å².